The number of fused-ring (bicyclic) bond motifs is 1. The second kappa shape index (κ2) is 9.90. The molecular formula is C21H29N5O2S. The Kier molecular flexibility index (Phi) is 7.82. The first-order valence-electron chi connectivity index (χ1n) is 9.67. The number of aromatic nitrogens is 2. The number of nitrogens with zero attached hydrogens (tertiary/aromatic N) is 4. The van der Waals surface area contributed by atoms with Gasteiger partial charge in [0.2, 0.25) is 5.91 Å². The zero-order chi connectivity index (χ0) is 21.6. The number of hydrogen-bond acceptors (Lipinski definition) is 6. The van der Waals surface area contributed by atoms with Crippen LogP contribution < -0.4 is 10.9 Å². The molecule has 0 aliphatic rings. The van der Waals surface area contributed by atoms with Gasteiger partial charge in [-0.3, -0.25) is 14.2 Å². The molecule has 0 fully saturated rings. The Morgan fingerprint density at radius 3 is 2.69 bits per heavy atom. The van der Waals surface area contributed by atoms with Gasteiger partial charge in [-0.15, -0.1) is 0 Å². The number of para-hydroxylation sites is 1. The predicted octanol–water partition coefficient (Wildman–Crippen LogP) is 2.49. The highest BCUT2D eigenvalue weighted by Gasteiger charge is 2.30. The van der Waals surface area contributed by atoms with Gasteiger partial charge in [-0.2, -0.15) is 5.26 Å². The van der Waals surface area contributed by atoms with Crippen molar-refractivity contribution in [1.29, 1.82) is 5.26 Å². The fourth-order valence-electron chi connectivity index (χ4n) is 2.76. The van der Waals surface area contributed by atoms with E-state index in [-0.39, 0.29) is 23.1 Å². The molecule has 156 valence electrons. The molecule has 0 bridgehead atoms. The molecule has 0 aliphatic heterocycles. The van der Waals surface area contributed by atoms with Gasteiger partial charge in [-0.05, 0) is 52.0 Å². The summed E-state index contributed by atoms with van der Waals surface area (Å²) >= 11 is 1.22. The first kappa shape index (κ1) is 22.9. The number of nitriles is 1. The minimum absolute atomic E-state index is 0.0237. The largest absolute Gasteiger partial charge is 0.337 e. The summed E-state index contributed by atoms with van der Waals surface area (Å²) in [6.07, 6.45) is 0.798. The summed E-state index contributed by atoms with van der Waals surface area (Å²) in [5, 5.41) is 13.3. The van der Waals surface area contributed by atoms with Gasteiger partial charge in [-0.25, -0.2) is 4.98 Å². The smallest absolute Gasteiger partial charge is 0.262 e. The van der Waals surface area contributed by atoms with Crippen molar-refractivity contribution >= 4 is 28.6 Å². The lowest BCUT2D eigenvalue weighted by atomic mass is 9.90. The maximum absolute atomic E-state index is 13.0. The molecular weight excluding hydrogens is 386 g/mol. The van der Waals surface area contributed by atoms with Crippen molar-refractivity contribution in [2.45, 2.75) is 44.4 Å². The van der Waals surface area contributed by atoms with E-state index in [1.54, 1.807) is 23.6 Å². The van der Waals surface area contributed by atoms with Crippen molar-refractivity contribution < 1.29 is 4.79 Å². The maximum atomic E-state index is 13.0. The number of nitrogens with one attached hydrogen (secondary N) is 1. The van der Waals surface area contributed by atoms with Crippen LogP contribution in [0, 0.1) is 17.2 Å². The molecule has 7 nitrogen and oxygen atoms in total. The summed E-state index contributed by atoms with van der Waals surface area (Å²) in [4.78, 5) is 32.1. The molecule has 29 heavy (non-hydrogen) atoms. The summed E-state index contributed by atoms with van der Waals surface area (Å²) in [7, 11) is 3.98. The topological polar surface area (TPSA) is 91.0 Å². The molecule has 0 saturated heterocycles. The zero-order valence-corrected chi connectivity index (χ0v) is 18.5. The second-order valence-electron chi connectivity index (χ2n) is 7.83. The van der Waals surface area contributed by atoms with E-state index in [9.17, 15) is 14.9 Å². The average Bonchev–Trinajstić information content (AvgIpc) is 2.67. The Morgan fingerprint density at radius 1 is 1.38 bits per heavy atom. The summed E-state index contributed by atoms with van der Waals surface area (Å²) in [6, 6.07) is 9.41. The predicted molar refractivity (Wildman–Crippen MR) is 117 cm³/mol. The van der Waals surface area contributed by atoms with Crippen LogP contribution in [0.1, 0.15) is 27.2 Å². The van der Waals surface area contributed by atoms with Crippen LogP contribution in [0.5, 0.6) is 0 Å². The number of amides is 1. The molecule has 1 aromatic carbocycles. The minimum atomic E-state index is -0.931. The molecule has 1 atom stereocenters. The molecule has 0 unspecified atom stereocenters. The Balaban J connectivity index is 2.25. The van der Waals surface area contributed by atoms with Crippen LogP contribution in [0.2, 0.25) is 0 Å². The minimum Gasteiger partial charge on any atom is -0.337 e. The average molecular weight is 416 g/mol. The summed E-state index contributed by atoms with van der Waals surface area (Å²) < 4.78 is 1.65. The van der Waals surface area contributed by atoms with Crippen LogP contribution in [0.3, 0.4) is 0 Å². The number of carbonyl (C=O) groups excluding carboxylic acids is 1. The van der Waals surface area contributed by atoms with Crippen LogP contribution in [-0.4, -0.2) is 52.3 Å². The van der Waals surface area contributed by atoms with Crippen LogP contribution in [0.25, 0.3) is 10.9 Å². The summed E-state index contributed by atoms with van der Waals surface area (Å²) in [5.74, 6) is -0.193. The number of rotatable bonds is 9. The first-order chi connectivity index (χ1) is 13.7. The molecule has 1 amide bonds. The van der Waals surface area contributed by atoms with E-state index in [1.807, 2.05) is 40.1 Å². The first-order valence-corrected chi connectivity index (χ1v) is 10.7. The molecule has 2 aromatic rings. The Morgan fingerprint density at radius 2 is 2.07 bits per heavy atom. The Labute approximate surface area is 176 Å². The molecule has 8 heteroatoms. The number of benzene rings is 1. The van der Waals surface area contributed by atoms with Crippen LogP contribution >= 0.6 is 11.8 Å². The molecule has 0 spiro atoms. The van der Waals surface area contributed by atoms with E-state index in [0.29, 0.717) is 22.6 Å². The van der Waals surface area contributed by atoms with E-state index in [4.69, 9.17) is 0 Å². The van der Waals surface area contributed by atoms with E-state index < -0.39 is 5.54 Å². The Hall–Kier alpha value is -2.37. The van der Waals surface area contributed by atoms with Crippen LogP contribution in [0.4, 0.5) is 0 Å². The second-order valence-corrected chi connectivity index (χ2v) is 8.77. The zero-order valence-electron chi connectivity index (χ0n) is 17.7. The van der Waals surface area contributed by atoms with Gasteiger partial charge in [0.15, 0.2) is 5.16 Å². The van der Waals surface area contributed by atoms with Crippen molar-refractivity contribution in [1.82, 2.24) is 19.8 Å². The lowest BCUT2D eigenvalue weighted by molar-refractivity contribution is -0.120. The summed E-state index contributed by atoms with van der Waals surface area (Å²) in [5.41, 5.74) is -0.408. The third kappa shape index (κ3) is 5.81. The Bertz CT molecular complexity index is 964. The van der Waals surface area contributed by atoms with Gasteiger partial charge in [0.25, 0.3) is 5.56 Å². The lowest BCUT2D eigenvalue weighted by Crippen LogP contribution is -2.49. The monoisotopic (exact) mass is 415 g/mol. The highest BCUT2D eigenvalue weighted by molar-refractivity contribution is 7.99. The molecule has 1 aromatic heterocycles. The van der Waals surface area contributed by atoms with Gasteiger partial charge >= 0.3 is 0 Å². The van der Waals surface area contributed by atoms with Crippen molar-refractivity contribution in [2.24, 2.45) is 5.92 Å². The number of hydrogen-bond donors (Lipinski definition) is 1. The molecule has 1 N–H and O–H groups in total. The third-order valence-corrected chi connectivity index (χ3v) is 5.91. The molecule has 1 heterocycles. The van der Waals surface area contributed by atoms with E-state index in [0.717, 1.165) is 13.0 Å². The highest BCUT2D eigenvalue weighted by Crippen LogP contribution is 2.20. The van der Waals surface area contributed by atoms with Gasteiger partial charge in [-0.1, -0.05) is 37.7 Å². The molecule has 0 saturated carbocycles. The van der Waals surface area contributed by atoms with E-state index in [1.165, 1.54) is 11.8 Å². The standard InChI is InChI=1S/C21H29N5O2S/c1-15(2)21(3,14-22)24-18(27)13-29-20-23-17-10-7-6-9-16(17)19(28)26(20)12-8-11-25(4)5/h6-7,9-10,15H,8,11-13H2,1-5H3,(H,24,27)/t21-/m1/s1. The molecule has 0 radical (unpaired) electrons. The highest BCUT2D eigenvalue weighted by atomic mass is 32.2. The van der Waals surface area contributed by atoms with Crippen molar-refractivity contribution in [3.05, 3.63) is 34.6 Å². The lowest BCUT2D eigenvalue weighted by Gasteiger charge is -2.27. The van der Waals surface area contributed by atoms with Crippen LogP contribution in [0.15, 0.2) is 34.2 Å². The van der Waals surface area contributed by atoms with Gasteiger partial charge < -0.3 is 10.2 Å². The van der Waals surface area contributed by atoms with Crippen molar-refractivity contribution in [3.63, 3.8) is 0 Å². The maximum Gasteiger partial charge on any atom is 0.262 e. The van der Waals surface area contributed by atoms with Crippen LogP contribution in [-0.2, 0) is 11.3 Å². The van der Waals surface area contributed by atoms with Crippen molar-refractivity contribution in [3.8, 4) is 6.07 Å². The van der Waals surface area contributed by atoms with Crippen molar-refractivity contribution in [2.75, 3.05) is 26.4 Å². The molecule has 2 rings (SSSR count). The van der Waals surface area contributed by atoms with Gasteiger partial charge in [0, 0.05) is 6.54 Å². The SMILES string of the molecule is CC(C)[C@@](C)(C#N)NC(=O)CSc1nc2ccccc2c(=O)n1CCCN(C)C. The fourth-order valence-corrected chi connectivity index (χ4v) is 3.58. The van der Waals surface area contributed by atoms with Gasteiger partial charge in [0.1, 0.15) is 5.54 Å². The number of thioether (sulfide) groups is 1. The fraction of sp³-hybridized carbons (Fsp3) is 0.524. The quantitative estimate of drug-likeness (QED) is 0.500. The summed E-state index contributed by atoms with van der Waals surface area (Å²) in [6.45, 7) is 6.87. The number of carbonyl (C=O) groups is 1. The van der Waals surface area contributed by atoms with E-state index in [2.05, 4.69) is 21.3 Å². The van der Waals surface area contributed by atoms with E-state index >= 15 is 0 Å². The third-order valence-electron chi connectivity index (χ3n) is 4.93. The van der Waals surface area contributed by atoms with Gasteiger partial charge in [0.05, 0.1) is 22.7 Å². The normalized spacial score (nSPS) is 13.4. The molecule has 0 aliphatic carbocycles.